The summed E-state index contributed by atoms with van der Waals surface area (Å²) < 4.78 is 1.51. The smallest absolute Gasteiger partial charge is 0.269 e. The largest absolute Gasteiger partial charge is 0.508 e. The van der Waals surface area contributed by atoms with Crippen LogP contribution in [0.5, 0.6) is 5.75 Å². The van der Waals surface area contributed by atoms with Gasteiger partial charge >= 0.3 is 0 Å². The average Bonchev–Trinajstić information content (AvgIpc) is 2.40. The fourth-order valence-corrected chi connectivity index (χ4v) is 2.18. The van der Waals surface area contributed by atoms with Crippen molar-refractivity contribution in [3.05, 3.63) is 51.9 Å². The zero-order valence-corrected chi connectivity index (χ0v) is 10.8. The maximum atomic E-state index is 12.1. The predicted octanol–water partition coefficient (Wildman–Crippen LogP) is 2.42. The molecule has 0 atom stereocenters. The number of phenolic OH excluding ortho intramolecular Hbond substituents is 1. The maximum Gasteiger partial charge on any atom is 0.269 e. The molecule has 1 heterocycles. The predicted molar refractivity (Wildman–Crippen MR) is 72.9 cm³/mol. The second kappa shape index (κ2) is 4.99. The molecule has 2 aromatic rings. The molecule has 0 amide bonds. The number of phenols is 1. The number of pyridine rings is 1. The van der Waals surface area contributed by atoms with E-state index in [-0.39, 0.29) is 16.9 Å². The first-order valence-corrected chi connectivity index (χ1v) is 6.02. The van der Waals surface area contributed by atoms with Gasteiger partial charge in [-0.15, -0.1) is 0 Å². The summed E-state index contributed by atoms with van der Waals surface area (Å²) >= 11 is 0. The van der Waals surface area contributed by atoms with Gasteiger partial charge in [-0.25, -0.2) is 0 Å². The van der Waals surface area contributed by atoms with E-state index in [4.69, 9.17) is 0 Å². The second-order valence-electron chi connectivity index (χ2n) is 4.32. The summed E-state index contributed by atoms with van der Waals surface area (Å²) in [5.41, 5.74) is 1.92. The van der Waals surface area contributed by atoms with E-state index in [1.807, 2.05) is 19.9 Å². The van der Waals surface area contributed by atoms with E-state index in [2.05, 4.69) is 0 Å². The summed E-state index contributed by atoms with van der Waals surface area (Å²) in [6, 6.07) is 8.56. The van der Waals surface area contributed by atoms with E-state index in [0.29, 0.717) is 17.7 Å². The summed E-state index contributed by atoms with van der Waals surface area (Å²) in [6.07, 6.45) is 1.74. The molecule has 0 saturated heterocycles. The van der Waals surface area contributed by atoms with Crippen molar-refractivity contribution >= 4 is 0 Å². The number of aryl methyl sites for hydroxylation is 2. The van der Waals surface area contributed by atoms with Gasteiger partial charge in [-0.3, -0.25) is 4.79 Å². The lowest BCUT2D eigenvalue weighted by molar-refractivity contribution is 0.475. The second-order valence-corrected chi connectivity index (χ2v) is 4.32. The van der Waals surface area contributed by atoms with E-state index in [9.17, 15) is 15.2 Å². The van der Waals surface area contributed by atoms with Crippen LogP contribution in [0.1, 0.15) is 18.1 Å². The molecule has 0 aliphatic rings. The van der Waals surface area contributed by atoms with Gasteiger partial charge in [0.25, 0.3) is 5.56 Å². The van der Waals surface area contributed by atoms with Crippen LogP contribution in [-0.4, -0.2) is 9.67 Å². The molecule has 2 rings (SSSR count). The van der Waals surface area contributed by atoms with Gasteiger partial charge in [-0.05, 0) is 37.1 Å². The van der Waals surface area contributed by atoms with Crippen molar-refractivity contribution in [2.75, 3.05) is 0 Å². The number of hydrogen-bond donors (Lipinski definition) is 1. The topological polar surface area (TPSA) is 66.0 Å². The van der Waals surface area contributed by atoms with E-state index in [1.165, 1.54) is 4.57 Å². The number of aromatic hydroxyl groups is 1. The van der Waals surface area contributed by atoms with E-state index >= 15 is 0 Å². The van der Waals surface area contributed by atoms with Crippen LogP contribution < -0.4 is 5.56 Å². The zero-order valence-electron chi connectivity index (χ0n) is 10.8. The molecule has 1 N–H and O–H groups in total. The van der Waals surface area contributed by atoms with Crippen molar-refractivity contribution in [2.24, 2.45) is 0 Å². The third-order valence-corrected chi connectivity index (χ3v) is 3.06. The average molecular weight is 254 g/mol. The Labute approximate surface area is 111 Å². The fourth-order valence-electron chi connectivity index (χ4n) is 2.18. The molecule has 0 spiro atoms. The Balaban J connectivity index is 2.82. The highest BCUT2D eigenvalue weighted by molar-refractivity contribution is 5.73. The van der Waals surface area contributed by atoms with Crippen LogP contribution in [0.25, 0.3) is 11.1 Å². The lowest BCUT2D eigenvalue weighted by atomic mass is 9.97. The quantitative estimate of drug-likeness (QED) is 0.895. The monoisotopic (exact) mass is 254 g/mol. The molecule has 0 aliphatic heterocycles. The van der Waals surface area contributed by atoms with Gasteiger partial charge in [0.1, 0.15) is 17.4 Å². The molecule has 4 nitrogen and oxygen atoms in total. The SMILES string of the molecule is CCn1cc(C)c(-c2cccc(O)c2)c(C#N)c1=O. The molecule has 0 aliphatic carbocycles. The molecule has 0 saturated carbocycles. The van der Waals surface area contributed by atoms with Gasteiger partial charge in [0, 0.05) is 18.3 Å². The minimum Gasteiger partial charge on any atom is -0.508 e. The van der Waals surface area contributed by atoms with Gasteiger partial charge in [0.2, 0.25) is 0 Å². The number of aromatic nitrogens is 1. The van der Waals surface area contributed by atoms with Crippen LogP contribution in [0.2, 0.25) is 0 Å². The molecule has 4 heteroatoms. The molecule has 19 heavy (non-hydrogen) atoms. The number of nitriles is 1. The third-order valence-electron chi connectivity index (χ3n) is 3.06. The molecule has 0 unspecified atom stereocenters. The van der Waals surface area contributed by atoms with Crippen LogP contribution in [-0.2, 0) is 6.54 Å². The van der Waals surface area contributed by atoms with Crippen molar-refractivity contribution in [1.29, 1.82) is 5.26 Å². The van der Waals surface area contributed by atoms with Crippen LogP contribution in [0, 0.1) is 18.3 Å². The number of rotatable bonds is 2. The zero-order chi connectivity index (χ0) is 14.0. The molecule has 1 aromatic carbocycles. The van der Waals surface area contributed by atoms with Crippen LogP contribution >= 0.6 is 0 Å². The van der Waals surface area contributed by atoms with Gasteiger partial charge in [0.15, 0.2) is 0 Å². The van der Waals surface area contributed by atoms with Crippen molar-refractivity contribution in [1.82, 2.24) is 4.57 Å². The Morgan fingerprint density at radius 2 is 2.16 bits per heavy atom. The van der Waals surface area contributed by atoms with Crippen molar-refractivity contribution in [2.45, 2.75) is 20.4 Å². The Hall–Kier alpha value is -2.54. The summed E-state index contributed by atoms with van der Waals surface area (Å²) in [7, 11) is 0. The standard InChI is InChI=1S/C15H14N2O2/c1-3-17-9-10(2)14(13(8-16)15(17)19)11-5-4-6-12(18)7-11/h4-7,9,18H,3H2,1-2H3. The van der Waals surface area contributed by atoms with Crippen molar-refractivity contribution in [3.8, 4) is 22.9 Å². The molecule has 0 bridgehead atoms. The van der Waals surface area contributed by atoms with Gasteiger partial charge < -0.3 is 9.67 Å². The summed E-state index contributed by atoms with van der Waals surface area (Å²) in [4.78, 5) is 12.1. The fraction of sp³-hybridized carbons (Fsp3) is 0.200. The molecular formula is C15H14N2O2. The first kappa shape index (κ1) is 12.9. The molecule has 96 valence electrons. The Bertz CT molecular complexity index is 724. The lowest BCUT2D eigenvalue weighted by Gasteiger charge is -2.12. The highest BCUT2D eigenvalue weighted by atomic mass is 16.3. The van der Waals surface area contributed by atoms with Crippen LogP contribution in [0.3, 0.4) is 0 Å². The summed E-state index contributed by atoms with van der Waals surface area (Å²) in [6.45, 7) is 4.23. The van der Waals surface area contributed by atoms with Gasteiger partial charge in [-0.2, -0.15) is 5.26 Å². The molecule has 0 radical (unpaired) electrons. The van der Waals surface area contributed by atoms with Crippen molar-refractivity contribution < 1.29 is 5.11 Å². The lowest BCUT2D eigenvalue weighted by Crippen LogP contribution is -2.23. The summed E-state index contributed by atoms with van der Waals surface area (Å²) in [5, 5.41) is 18.8. The van der Waals surface area contributed by atoms with E-state index < -0.39 is 0 Å². The first-order valence-electron chi connectivity index (χ1n) is 6.02. The Kier molecular flexibility index (Phi) is 3.39. The van der Waals surface area contributed by atoms with Crippen LogP contribution in [0.4, 0.5) is 0 Å². The van der Waals surface area contributed by atoms with Gasteiger partial charge in [-0.1, -0.05) is 12.1 Å². The normalized spacial score (nSPS) is 10.2. The highest BCUT2D eigenvalue weighted by Gasteiger charge is 2.14. The number of benzene rings is 1. The molecule has 1 aromatic heterocycles. The minimum atomic E-state index is -0.297. The Morgan fingerprint density at radius 1 is 1.42 bits per heavy atom. The molecular weight excluding hydrogens is 240 g/mol. The van der Waals surface area contributed by atoms with Gasteiger partial charge in [0.05, 0.1) is 0 Å². The number of hydrogen-bond acceptors (Lipinski definition) is 3. The first-order chi connectivity index (χ1) is 9.08. The Morgan fingerprint density at radius 3 is 2.74 bits per heavy atom. The third kappa shape index (κ3) is 2.23. The van der Waals surface area contributed by atoms with E-state index in [1.54, 1.807) is 30.5 Å². The highest BCUT2D eigenvalue weighted by Crippen LogP contribution is 2.27. The van der Waals surface area contributed by atoms with Crippen molar-refractivity contribution in [3.63, 3.8) is 0 Å². The summed E-state index contributed by atoms with van der Waals surface area (Å²) in [5.74, 6) is 0.112. The van der Waals surface area contributed by atoms with E-state index in [0.717, 1.165) is 5.56 Å². The number of nitrogens with zero attached hydrogens (tertiary/aromatic N) is 2. The minimum absolute atomic E-state index is 0.112. The van der Waals surface area contributed by atoms with Crippen LogP contribution in [0.15, 0.2) is 35.3 Å². The molecule has 0 fully saturated rings. The maximum absolute atomic E-state index is 12.1.